The lowest BCUT2D eigenvalue weighted by molar-refractivity contribution is -0.121. The highest BCUT2D eigenvalue weighted by Gasteiger charge is 2.28. The molecule has 1 aliphatic rings. The minimum Gasteiger partial charge on any atom is -0.472 e. The van der Waals surface area contributed by atoms with Crippen LogP contribution in [0.15, 0.2) is 41.2 Å². The lowest BCUT2D eigenvalue weighted by Gasteiger charge is -2.31. The summed E-state index contributed by atoms with van der Waals surface area (Å²) in [6, 6.07) is 6.18. The Kier molecular flexibility index (Phi) is 5.81. The molecule has 0 spiro atoms. The number of nitrogens with one attached hydrogen (secondary N) is 1. The molecule has 2 amide bonds. The Hall–Kier alpha value is -2.80. The molecule has 27 heavy (non-hydrogen) atoms. The van der Waals surface area contributed by atoms with Gasteiger partial charge in [-0.3, -0.25) is 9.59 Å². The fourth-order valence-electron chi connectivity index (χ4n) is 3.01. The monoisotopic (exact) mass is 390 g/mol. The SMILES string of the molecule is COC(=O)c1ccc(Cl)c(NC(=O)C2CCN(C(=O)c3ccoc3)CC2)c1. The number of esters is 1. The van der Waals surface area contributed by atoms with Gasteiger partial charge >= 0.3 is 5.97 Å². The van der Waals surface area contributed by atoms with Gasteiger partial charge in [0.1, 0.15) is 6.26 Å². The Bertz CT molecular complexity index is 842. The number of nitrogens with zero attached hydrogens (tertiary/aromatic N) is 1. The summed E-state index contributed by atoms with van der Waals surface area (Å²) in [6.07, 6.45) is 3.96. The topological polar surface area (TPSA) is 88.9 Å². The van der Waals surface area contributed by atoms with Gasteiger partial charge in [0.05, 0.1) is 35.2 Å². The van der Waals surface area contributed by atoms with Gasteiger partial charge in [-0.15, -0.1) is 0 Å². The van der Waals surface area contributed by atoms with Crippen LogP contribution in [-0.4, -0.2) is 42.9 Å². The number of rotatable bonds is 4. The van der Waals surface area contributed by atoms with Crippen LogP contribution in [0.1, 0.15) is 33.6 Å². The van der Waals surface area contributed by atoms with Gasteiger partial charge < -0.3 is 19.4 Å². The molecule has 2 aromatic rings. The average molecular weight is 391 g/mol. The zero-order valence-electron chi connectivity index (χ0n) is 14.7. The van der Waals surface area contributed by atoms with Crippen LogP contribution in [-0.2, 0) is 9.53 Å². The lowest BCUT2D eigenvalue weighted by Crippen LogP contribution is -2.41. The van der Waals surface area contributed by atoms with Crippen LogP contribution in [0.25, 0.3) is 0 Å². The van der Waals surface area contributed by atoms with Crippen molar-refractivity contribution in [1.29, 1.82) is 0 Å². The second-order valence-corrected chi connectivity index (χ2v) is 6.66. The first-order chi connectivity index (χ1) is 13.0. The largest absolute Gasteiger partial charge is 0.472 e. The predicted molar refractivity (Wildman–Crippen MR) is 98.8 cm³/mol. The van der Waals surface area contributed by atoms with Gasteiger partial charge in [-0.1, -0.05) is 11.6 Å². The van der Waals surface area contributed by atoms with Gasteiger partial charge in [-0.2, -0.15) is 0 Å². The van der Waals surface area contributed by atoms with Crippen LogP contribution in [0, 0.1) is 5.92 Å². The summed E-state index contributed by atoms with van der Waals surface area (Å²) in [7, 11) is 1.29. The summed E-state index contributed by atoms with van der Waals surface area (Å²) in [6.45, 7) is 0.968. The Morgan fingerprint density at radius 1 is 1.19 bits per heavy atom. The summed E-state index contributed by atoms with van der Waals surface area (Å²) < 4.78 is 9.62. The van der Waals surface area contributed by atoms with E-state index in [0.717, 1.165) is 0 Å². The number of carbonyl (C=O) groups excluding carboxylic acids is 3. The van der Waals surface area contributed by atoms with Crippen molar-refractivity contribution in [1.82, 2.24) is 4.90 Å². The molecular formula is C19H19ClN2O5. The van der Waals surface area contributed by atoms with E-state index in [1.54, 1.807) is 11.0 Å². The molecule has 1 aromatic carbocycles. The first-order valence-corrected chi connectivity index (χ1v) is 8.87. The highest BCUT2D eigenvalue weighted by molar-refractivity contribution is 6.33. The maximum absolute atomic E-state index is 12.6. The Morgan fingerprint density at radius 2 is 1.93 bits per heavy atom. The lowest BCUT2D eigenvalue weighted by atomic mass is 9.95. The number of hydrogen-bond donors (Lipinski definition) is 1. The average Bonchev–Trinajstić information content (AvgIpc) is 3.23. The van der Waals surface area contributed by atoms with Crippen molar-refractivity contribution in [3.63, 3.8) is 0 Å². The zero-order chi connectivity index (χ0) is 19.4. The number of piperidine rings is 1. The smallest absolute Gasteiger partial charge is 0.337 e. The van der Waals surface area contributed by atoms with Crippen molar-refractivity contribution < 1.29 is 23.5 Å². The summed E-state index contributed by atoms with van der Waals surface area (Å²) in [4.78, 5) is 38.2. The molecule has 1 fully saturated rings. The molecule has 3 rings (SSSR count). The number of halogens is 1. The predicted octanol–water partition coefficient (Wildman–Crippen LogP) is 3.21. The Balaban J connectivity index is 1.60. The first kappa shape index (κ1) is 19.0. The van der Waals surface area contributed by atoms with E-state index in [1.807, 2.05) is 0 Å². The van der Waals surface area contributed by atoms with Crippen molar-refractivity contribution in [3.8, 4) is 0 Å². The number of benzene rings is 1. The number of methoxy groups -OCH3 is 1. The molecule has 0 aliphatic carbocycles. The molecule has 1 aromatic heterocycles. The van der Waals surface area contributed by atoms with E-state index >= 15 is 0 Å². The molecule has 2 heterocycles. The van der Waals surface area contributed by atoms with Crippen LogP contribution >= 0.6 is 11.6 Å². The number of amides is 2. The first-order valence-electron chi connectivity index (χ1n) is 8.50. The van der Waals surface area contributed by atoms with E-state index in [0.29, 0.717) is 47.8 Å². The van der Waals surface area contributed by atoms with Crippen LogP contribution in [0.5, 0.6) is 0 Å². The van der Waals surface area contributed by atoms with Crippen molar-refractivity contribution in [3.05, 3.63) is 52.9 Å². The Morgan fingerprint density at radius 3 is 2.56 bits per heavy atom. The molecular weight excluding hydrogens is 372 g/mol. The number of carbonyl (C=O) groups is 3. The molecule has 1 saturated heterocycles. The molecule has 8 heteroatoms. The fourth-order valence-corrected chi connectivity index (χ4v) is 3.18. The quantitative estimate of drug-likeness (QED) is 0.810. The van der Waals surface area contributed by atoms with Crippen molar-refractivity contribution in [2.24, 2.45) is 5.92 Å². The van der Waals surface area contributed by atoms with Gasteiger partial charge in [0.2, 0.25) is 5.91 Å². The van der Waals surface area contributed by atoms with E-state index in [2.05, 4.69) is 10.1 Å². The highest BCUT2D eigenvalue weighted by Crippen LogP contribution is 2.26. The van der Waals surface area contributed by atoms with Gasteiger partial charge in [0, 0.05) is 19.0 Å². The molecule has 0 bridgehead atoms. The molecule has 7 nitrogen and oxygen atoms in total. The summed E-state index contributed by atoms with van der Waals surface area (Å²) in [5, 5.41) is 3.11. The van der Waals surface area contributed by atoms with Crippen LogP contribution in [0.2, 0.25) is 5.02 Å². The molecule has 142 valence electrons. The van der Waals surface area contributed by atoms with Crippen LogP contribution in [0.4, 0.5) is 5.69 Å². The van der Waals surface area contributed by atoms with Crippen molar-refractivity contribution >= 4 is 35.1 Å². The third kappa shape index (κ3) is 4.31. The second kappa shape index (κ2) is 8.26. The molecule has 1 N–H and O–H groups in total. The molecule has 0 atom stereocenters. The fraction of sp³-hybridized carbons (Fsp3) is 0.316. The van der Waals surface area contributed by atoms with Crippen LogP contribution in [0.3, 0.4) is 0 Å². The van der Waals surface area contributed by atoms with E-state index in [-0.39, 0.29) is 17.7 Å². The maximum Gasteiger partial charge on any atom is 0.337 e. The van der Waals surface area contributed by atoms with Gasteiger partial charge in [-0.05, 0) is 37.1 Å². The number of likely N-dealkylation sites (tertiary alicyclic amines) is 1. The minimum absolute atomic E-state index is 0.101. The molecule has 1 aliphatic heterocycles. The van der Waals surface area contributed by atoms with E-state index in [1.165, 1.54) is 37.8 Å². The number of furan rings is 1. The van der Waals surface area contributed by atoms with E-state index in [4.69, 9.17) is 16.0 Å². The van der Waals surface area contributed by atoms with Crippen LogP contribution < -0.4 is 5.32 Å². The Labute approximate surface area is 161 Å². The second-order valence-electron chi connectivity index (χ2n) is 6.25. The molecule has 0 saturated carbocycles. The van der Waals surface area contributed by atoms with E-state index < -0.39 is 5.97 Å². The molecule has 0 unspecified atom stereocenters. The van der Waals surface area contributed by atoms with Gasteiger partial charge in [0.15, 0.2) is 0 Å². The standard InChI is InChI=1S/C19H19ClN2O5/c1-26-19(25)13-2-3-15(20)16(10-13)21-17(23)12-4-7-22(8-5-12)18(24)14-6-9-27-11-14/h2-3,6,9-12H,4-5,7-8H2,1H3,(H,21,23). The zero-order valence-corrected chi connectivity index (χ0v) is 15.5. The van der Waals surface area contributed by atoms with Crippen molar-refractivity contribution in [2.75, 3.05) is 25.5 Å². The minimum atomic E-state index is -0.506. The molecule has 0 radical (unpaired) electrons. The number of ether oxygens (including phenoxy) is 1. The third-order valence-electron chi connectivity index (χ3n) is 4.57. The highest BCUT2D eigenvalue weighted by atomic mass is 35.5. The van der Waals surface area contributed by atoms with E-state index in [9.17, 15) is 14.4 Å². The summed E-state index contributed by atoms with van der Waals surface area (Å²) in [5.74, 6) is -1.03. The number of anilines is 1. The normalized spacial score (nSPS) is 14.7. The van der Waals surface area contributed by atoms with Crippen molar-refractivity contribution in [2.45, 2.75) is 12.8 Å². The summed E-state index contributed by atoms with van der Waals surface area (Å²) in [5.41, 5.74) is 1.17. The van der Waals surface area contributed by atoms with Gasteiger partial charge in [0.25, 0.3) is 5.91 Å². The number of hydrogen-bond acceptors (Lipinski definition) is 5. The third-order valence-corrected chi connectivity index (χ3v) is 4.90. The van der Waals surface area contributed by atoms with Gasteiger partial charge in [-0.25, -0.2) is 4.79 Å². The summed E-state index contributed by atoms with van der Waals surface area (Å²) >= 11 is 6.12. The maximum atomic E-state index is 12.6.